The predicted octanol–water partition coefficient (Wildman–Crippen LogP) is 3.48. The quantitative estimate of drug-likeness (QED) is 0.783. The van der Waals surface area contributed by atoms with Crippen LogP contribution in [0.15, 0.2) is 48.5 Å². The van der Waals surface area contributed by atoms with Crippen LogP contribution in [0.3, 0.4) is 0 Å². The average molecular weight is 317 g/mol. The van der Waals surface area contributed by atoms with Gasteiger partial charge >= 0.3 is 0 Å². The molecule has 0 aliphatic carbocycles. The molecule has 0 amide bonds. The van der Waals surface area contributed by atoms with Crippen molar-refractivity contribution in [1.82, 2.24) is 0 Å². The van der Waals surface area contributed by atoms with Crippen LogP contribution in [-0.4, -0.2) is 23.9 Å². The summed E-state index contributed by atoms with van der Waals surface area (Å²) in [6, 6.07) is 14.0. The van der Waals surface area contributed by atoms with Gasteiger partial charge in [-0.15, -0.1) is 11.3 Å². The van der Waals surface area contributed by atoms with Gasteiger partial charge in [-0.2, -0.15) is 0 Å². The molecule has 3 nitrogen and oxygen atoms in total. The summed E-state index contributed by atoms with van der Waals surface area (Å²) in [6.07, 6.45) is 5.77. The van der Waals surface area contributed by atoms with Crippen molar-refractivity contribution in [1.29, 1.82) is 0 Å². The summed E-state index contributed by atoms with van der Waals surface area (Å²) < 4.78 is 5.61. The number of hydrogen-bond donors (Lipinski definition) is 2. The van der Waals surface area contributed by atoms with Crippen LogP contribution < -0.4 is 10.5 Å². The molecule has 118 valence electrons. The molecule has 0 radical (unpaired) electrons. The fourth-order valence-electron chi connectivity index (χ4n) is 1.93. The molecular weight excluding hydrogens is 294 g/mol. The molecule has 1 heterocycles. The van der Waals surface area contributed by atoms with Crippen molar-refractivity contribution in [2.75, 3.05) is 13.2 Å². The molecule has 0 aliphatic heterocycles. The van der Waals surface area contributed by atoms with E-state index < -0.39 is 5.54 Å². The third-order valence-electron chi connectivity index (χ3n) is 3.36. The molecule has 3 N–H and O–H groups in total. The van der Waals surface area contributed by atoms with E-state index in [1.165, 1.54) is 9.75 Å². The predicted molar refractivity (Wildman–Crippen MR) is 93.3 cm³/mol. The van der Waals surface area contributed by atoms with Crippen LogP contribution in [0, 0.1) is 0 Å². The molecule has 1 unspecified atom stereocenters. The highest BCUT2D eigenvalue weighted by molar-refractivity contribution is 7.12. The maximum absolute atomic E-state index is 9.17. The minimum absolute atomic E-state index is 0.0158. The van der Waals surface area contributed by atoms with Gasteiger partial charge < -0.3 is 15.6 Å². The van der Waals surface area contributed by atoms with Crippen LogP contribution in [0.2, 0.25) is 0 Å². The summed E-state index contributed by atoms with van der Waals surface area (Å²) in [7, 11) is 0. The van der Waals surface area contributed by atoms with Crippen LogP contribution >= 0.6 is 11.3 Å². The maximum Gasteiger partial charge on any atom is 0.119 e. The van der Waals surface area contributed by atoms with Crippen molar-refractivity contribution >= 4 is 17.4 Å². The largest absolute Gasteiger partial charge is 0.490 e. The number of aliphatic hydroxyl groups excluding tert-OH is 1. The number of ether oxygens (including phenoxy) is 1. The first kappa shape index (κ1) is 16.7. The number of thiophene rings is 1. The highest BCUT2D eigenvalue weighted by atomic mass is 32.1. The summed E-state index contributed by atoms with van der Waals surface area (Å²) >= 11 is 1.75. The zero-order valence-electron chi connectivity index (χ0n) is 12.9. The maximum atomic E-state index is 9.17. The lowest BCUT2D eigenvalue weighted by Crippen LogP contribution is -2.40. The smallest absolute Gasteiger partial charge is 0.119 e. The molecule has 0 saturated carbocycles. The monoisotopic (exact) mass is 317 g/mol. The van der Waals surface area contributed by atoms with Crippen LogP contribution in [0.1, 0.15) is 23.1 Å². The van der Waals surface area contributed by atoms with Gasteiger partial charge in [-0.3, -0.25) is 0 Å². The molecule has 0 bridgehead atoms. The lowest BCUT2D eigenvalue weighted by molar-refractivity contribution is 0.201. The van der Waals surface area contributed by atoms with Gasteiger partial charge in [-0.1, -0.05) is 18.2 Å². The minimum atomic E-state index is -0.497. The van der Waals surface area contributed by atoms with E-state index in [0.717, 1.165) is 18.6 Å². The molecule has 1 atom stereocenters. The zero-order chi connectivity index (χ0) is 15.8. The summed E-state index contributed by atoms with van der Waals surface area (Å²) in [5.41, 5.74) is 5.45. The Balaban J connectivity index is 1.78. The summed E-state index contributed by atoms with van der Waals surface area (Å²) in [4.78, 5) is 2.49. The molecule has 0 spiro atoms. The molecule has 4 heteroatoms. The van der Waals surface area contributed by atoms with E-state index in [4.69, 9.17) is 15.6 Å². The van der Waals surface area contributed by atoms with Gasteiger partial charge in [0, 0.05) is 15.3 Å². The standard InChI is InChI=1S/C18H23NO2S/c1-18(19,14-20)12-11-17-10-9-16(22-17)8-5-13-21-15-6-3-2-4-7-15/h2-10,20H,11-14,19H2,1H3/b8-5+. The molecule has 2 aromatic rings. The number of hydrogen-bond acceptors (Lipinski definition) is 4. The Labute approximate surface area is 136 Å². The fourth-order valence-corrected chi connectivity index (χ4v) is 2.87. The van der Waals surface area contributed by atoms with Crippen molar-refractivity contribution in [2.24, 2.45) is 5.73 Å². The number of aliphatic hydroxyl groups is 1. The fraction of sp³-hybridized carbons (Fsp3) is 0.333. The number of nitrogens with two attached hydrogens (primary N) is 1. The Morgan fingerprint density at radius 1 is 1.23 bits per heavy atom. The summed E-state index contributed by atoms with van der Waals surface area (Å²) in [5.74, 6) is 0.880. The molecule has 1 aromatic heterocycles. The molecule has 0 saturated heterocycles. The molecular formula is C18H23NO2S. The average Bonchev–Trinajstić information content (AvgIpc) is 2.99. The van der Waals surface area contributed by atoms with Crippen LogP contribution in [0.25, 0.3) is 6.08 Å². The van der Waals surface area contributed by atoms with E-state index in [9.17, 15) is 0 Å². The Hall–Kier alpha value is -1.62. The molecule has 2 rings (SSSR count). The Kier molecular flexibility index (Phi) is 6.19. The van der Waals surface area contributed by atoms with Crippen molar-refractivity contribution in [3.8, 4) is 5.75 Å². The zero-order valence-corrected chi connectivity index (χ0v) is 13.7. The van der Waals surface area contributed by atoms with Gasteiger partial charge in [0.1, 0.15) is 12.4 Å². The van der Waals surface area contributed by atoms with Crippen molar-refractivity contribution in [2.45, 2.75) is 25.3 Å². The van der Waals surface area contributed by atoms with Crippen molar-refractivity contribution < 1.29 is 9.84 Å². The lowest BCUT2D eigenvalue weighted by Gasteiger charge is -2.20. The van der Waals surface area contributed by atoms with Gasteiger partial charge in [-0.25, -0.2) is 0 Å². The number of aryl methyl sites for hydroxylation is 1. The summed E-state index contributed by atoms with van der Waals surface area (Å²) in [5, 5.41) is 9.17. The Morgan fingerprint density at radius 3 is 2.73 bits per heavy atom. The Morgan fingerprint density at radius 2 is 2.00 bits per heavy atom. The lowest BCUT2D eigenvalue weighted by atomic mass is 9.98. The highest BCUT2D eigenvalue weighted by Gasteiger charge is 2.16. The van der Waals surface area contributed by atoms with Gasteiger partial charge in [0.05, 0.1) is 6.61 Å². The second-order valence-electron chi connectivity index (χ2n) is 5.64. The van der Waals surface area contributed by atoms with E-state index in [1.54, 1.807) is 11.3 Å². The van der Waals surface area contributed by atoms with Crippen molar-refractivity contribution in [3.05, 3.63) is 58.3 Å². The van der Waals surface area contributed by atoms with Crippen molar-refractivity contribution in [3.63, 3.8) is 0 Å². The van der Waals surface area contributed by atoms with E-state index >= 15 is 0 Å². The van der Waals surface area contributed by atoms with Gasteiger partial charge in [0.25, 0.3) is 0 Å². The normalized spacial score (nSPS) is 14.1. The molecule has 0 aliphatic rings. The van der Waals surface area contributed by atoms with E-state index in [0.29, 0.717) is 6.61 Å². The number of rotatable bonds is 8. The summed E-state index contributed by atoms with van der Waals surface area (Å²) in [6.45, 7) is 2.45. The molecule has 22 heavy (non-hydrogen) atoms. The van der Waals surface area contributed by atoms with Gasteiger partial charge in [0.2, 0.25) is 0 Å². The van der Waals surface area contributed by atoms with E-state index in [-0.39, 0.29) is 6.61 Å². The van der Waals surface area contributed by atoms with Gasteiger partial charge in [0.15, 0.2) is 0 Å². The van der Waals surface area contributed by atoms with E-state index in [1.807, 2.05) is 43.3 Å². The van der Waals surface area contributed by atoms with Gasteiger partial charge in [-0.05, 0) is 56.2 Å². The third kappa shape index (κ3) is 5.64. The number of para-hydroxylation sites is 1. The Bertz CT molecular complexity index is 590. The third-order valence-corrected chi connectivity index (χ3v) is 4.47. The first-order valence-corrected chi connectivity index (χ1v) is 8.23. The molecule has 0 fully saturated rings. The molecule has 1 aromatic carbocycles. The van der Waals surface area contributed by atoms with Crippen LogP contribution in [0.5, 0.6) is 5.75 Å². The second kappa shape index (κ2) is 8.13. The number of benzene rings is 1. The minimum Gasteiger partial charge on any atom is -0.490 e. The van der Waals surface area contributed by atoms with Crippen LogP contribution in [0.4, 0.5) is 0 Å². The second-order valence-corrected chi connectivity index (χ2v) is 6.84. The highest BCUT2D eigenvalue weighted by Crippen LogP contribution is 2.21. The topological polar surface area (TPSA) is 55.5 Å². The first-order chi connectivity index (χ1) is 10.6. The van der Waals surface area contributed by atoms with E-state index in [2.05, 4.69) is 18.2 Å². The first-order valence-electron chi connectivity index (χ1n) is 7.42. The SMILES string of the molecule is CC(N)(CO)CCc1ccc(/C=C/COc2ccccc2)s1. The van der Waals surface area contributed by atoms with Crippen LogP contribution in [-0.2, 0) is 6.42 Å².